The van der Waals surface area contributed by atoms with Gasteiger partial charge in [-0.1, -0.05) is 12.1 Å². The van der Waals surface area contributed by atoms with Gasteiger partial charge < -0.3 is 4.57 Å². The zero-order chi connectivity index (χ0) is 15.6. The summed E-state index contributed by atoms with van der Waals surface area (Å²) in [7, 11) is -2.72. The van der Waals surface area contributed by atoms with Crippen LogP contribution < -0.4 is 0 Å². The fourth-order valence-corrected chi connectivity index (χ4v) is 3.19. The van der Waals surface area contributed by atoms with Gasteiger partial charge in [0.05, 0.1) is 5.75 Å². The van der Waals surface area contributed by atoms with Crippen LogP contribution >= 0.6 is 0 Å². The first-order valence-electron chi connectivity index (χ1n) is 5.96. The van der Waals surface area contributed by atoms with Crippen LogP contribution in [0, 0.1) is 5.82 Å². The topological polar surface area (TPSA) is 64.8 Å². The molecule has 0 aliphatic rings. The van der Waals surface area contributed by atoms with Gasteiger partial charge >= 0.3 is 0 Å². The molecule has 1 heterocycles. The minimum Gasteiger partial charge on any atom is -0.300 e. The molecule has 0 aliphatic heterocycles. The minimum absolute atomic E-state index is 0.0525. The van der Waals surface area contributed by atoms with E-state index in [-0.39, 0.29) is 12.2 Å². The molecule has 0 saturated carbocycles. The Balaban J connectivity index is 2.19. The molecule has 0 atom stereocenters. The first kappa shape index (κ1) is 15.5. The molecule has 2 aromatic rings. The Morgan fingerprint density at radius 2 is 2.00 bits per heavy atom. The number of aryl methyl sites for hydroxylation is 1. The van der Waals surface area contributed by atoms with Gasteiger partial charge in [0.15, 0.2) is 0 Å². The predicted molar refractivity (Wildman–Crippen MR) is 68.1 cm³/mol. The van der Waals surface area contributed by atoms with Gasteiger partial charge in [-0.3, -0.25) is 0 Å². The molecule has 21 heavy (non-hydrogen) atoms. The van der Waals surface area contributed by atoms with Crippen molar-refractivity contribution < 1.29 is 21.6 Å². The molecular formula is C12H12F3N3O2S. The van der Waals surface area contributed by atoms with Crippen molar-refractivity contribution in [1.29, 1.82) is 0 Å². The summed E-state index contributed by atoms with van der Waals surface area (Å²) in [6.07, 6.45) is -2.86. The second-order valence-corrected chi connectivity index (χ2v) is 6.40. The SMILES string of the molecule is Cn1c(C(F)F)nnc1S(=O)(=O)CCc1cccc(F)c1. The molecule has 0 spiro atoms. The van der Waals surface area contributed by atoms with Crippen LogP contribution in [0.25, 0.3) is 0 Å². The maximum Gasteiger partial charge on any atom is 0.297 e. The second-order valence-electron chi connectivity index (χ2n) is 4.40. The summed E-state index contributed by atoms with van der Waals surface area (Å²) in [5.41, 5.74) is 0.495. The number of nitrogens with zero attached hydrogens (tertiary/aromatic N) is 3. The summed E-state index contributed by atoms with van der Waals surface area (Å²) in [4.78, 5) is 0. The van der Waals surface area contributed by atoms with Crippen LogP contribution in [-0.4, -0.2) is 28.9 Å². The zero-order valence-electron chi connectivity index (χ0n) is 11.0. The van der Waals surface area contributed by atoms with Crippen LogP contribution in [0.2, 0.25) is 0 Å². The van der Waals surface area contributed by atoms with E-state index in [0.717, 1.165) is 11.6 Å². The van der Waals surface area contributed by atoms with Crippen molar-refractivity contribution in [3.05, 3.63) is 41.5 Å². The molecule has 0 saturated heterocycles. The monoisotopic (exact) mass is 319 g/mol. The second kappa shape index (κ2) is 5.84. The van der Waals surface area contributed by atoms with Crippen LogP contribution in [0.4, 0.5) is 13.2 Å². The number of hydrogen-bond acceptors (Lipinski definition) is 4. The van der Waals surface area contributed by atoms with Crippen LogP contribution in [0.3, 0.4) is 0 Å². The van der Waals surface area contributed by atoms with E-state index in [9.17, 15) is 21.6 Å². The summed E-state index contributed by atoms with van der Waals surface area (Å²) in [5.74, 6) is -1.55. The molecule has 2 rings (SSSR count). The number of hydrogen-bond donors (Lipinski definition) is 0. The summed E-state index contributed by atoms with van der Waals surface area (Å²) in [6, 6.07) is 5.51. The highest BCUT2D eigenvalue weighted by Gasteiger charge is 2.26. The van der Waals surface area contributed by atoms with Gasteiger partial charge in [0.25, 0.3) is 6.43 Å². The third kappa shape index (κ3) is 3.41. The maximum atomic E-state index is 13.0. The van der Waals surface area contributed by atoms with Crippen LogP contribution in [-0.2, 0) is 23.3 Å². The van der Waals surface area contributed by atoms with Crippen LogP contribution in [0.1, 0.15) is 17.8 Å². The number of halogens is 3. The Bertz CT molecular complexity index is 744. The quantitative estimate of drug-likeness (QED) is 0.844. The number of benzene rings is 1. The van der Waals surface area contributed by atoms with Gasteiger partial charge in [0.2, 0.25) is 20.8 Å². The van der Waals surface area contributed by atoms with Crippen molar-refractivity contribution in [3.63, 3.8) is 0 Å². The highest BCUT2D eigenvalue weighted by atomic mass is 32.2. The van der Waals surface area contributed by atoms with E-state index in [0.29, 0.717) is 5.56 Å². The third-order valence-electron chi connectivity index (χ3n) is 2.89. The van der Waals surface area contributed by atoms with Crippen molar-refractivity contribution >= 4 is 9.84 Å². The molecule has 5 nitrogen and oxygen atoms in total. The van der Waals surface area contributed by atoms with E-state index in [2.05, 4.69) is 10.2 Å². The van der Waals surface area contributed by atoms with E-state index in [1.165, 1.54) is 18.2 Å². The molecule has 0 radical (unpaired) electrons. The number of sulfone groups is 1. The fourth-order valence-electron chi connectivity index (χ4n) is 1.82. The van der Waals surface area contributed by atoms with Crippen molar-refractivity contribution in [2.45, 2.75) is 18.0 Å². The average molecular weight is 319 g/mol. The van der Waals surface area contributed by atoms with Crippen LogP contribution in [0.15, 0.2) is 29.4 Å². The molecule has 9 heteroatoms. The molecule has 114 valence electrons. The van der Waals surface area contributed by atoms with E-state index in [1.807, 2.05) is 0 Å². The first-order valence-corrected chi connectivity index (χ1v) is 7.61. The average Bonchev–Trinajstić information content (AvgIpc) is 2.79. The molecular weight excluding hydrogens is 307 g/mol. The van der Waals surface area contributed by atoms with Gasteiger partial charge in [-0.05, 0) is 24.1 Å². The van der Waals surface area contributed by atoms with Crippen LogP contribution in [0.5, 0.6) is 0 Å². The molecule has 0 bridgehead atoms. The zero-order valence-corrected chi connectivity index (χ0v) is 11.8. The first-order chi connectivity index (χ1) is 9.81. The summed E-state index contributed by atoms with van der Waals surface area (Å²) < 4.78 is 63.1. The lowest BCUT2D eigenvalue weighted by Gasteiger charge is -2.05. The summed E-state index contributed by atoms with van der Waals surface area (Å²) in [6.45, 7) is 0. The Hall–Kier alpha value is -1.90. The minimum atomic E-state index is -3.88. The molecule has 0 fully saturated rings. The van der Waals surface area contributed by atoms with Crippen molar-refractivity contribution in [3.8, 4) is 0 Å². The largest absolute Gasteiger partial charge is 0.300 e. The fraction of sp³-hybridized carbons (Fsp3) is 0.333. The van der Waals surface area contributed by atoms with Gasteiger partial charge in [0, 0.05) is 7.05 Å². The Morgan fingerprint density at radius 1 is 1.29 bits per heavy atom. The number of alkyl halides is 2. The lowest BCUT2D eigenvalue weighted by molar-refractivity contribution is 0.135. The van der Waals surface area contributed by atoms with Gasteiger partial charge in [0.1, 0.15) is 5.82 Å². The highest BCUT2D eigenvalue weighted by molar-refractivity contribution is 7.91. The van der Waals surface area contributed by atoms with Gasteiger partial charge in [-0.2, -0.15) is 0 Å². The molecule has 1 aromatic carbocycles. The maximum absolute atomic E-state index is 13.0. The standard InChI is InChI=1S/C12H12F3N3O2S/c1-18-11(10(14)15)16-17-12(18)21(19,20)6-5-8-3-2-4-9(13)7-8/h2-4,7,10H,5-6H2,1H3. The molecule has 0 N–H and O–H groups in total. The highest BCUT2D eigenvalue weighted by Crippen LogP contribution is 2.19. The Morgan fingerprint density at radius 3 is 2.57 bits per heavy atom. The lowest BCUT2D eigenvalue weighted by atomic mass is 10.2. The molecule has 0 unspecified atom stereocenters. The van der Waals surface area contributed by atoms with E-state index in [4.69, 9.17) is 0 Å². The number of aromatic nitrogens is 3. The van der Waals surface area contributed by atoms with Crippen molar-refractivity contribution in [2.75, 3.05) is 5.75 Å². The summed E-state index contributed by atoms with van der Waals surface area (Å²) >= 11 is 0. The van der Waals surface area contributed by atoms with E-state index >= 15 is 0 Å². The van der Waals surface area contributed by atoms with Crippen molar-refractivity contribution in [1.82, 2.24) is 14.8 Å². The van der Waals surface area contributed by atoms with Crippen molar-refractivity contribution in [2.24, 2.45) is 7.05 Å². The third-order valence-corrected chi connectivity index (χ3v) is 4.54. The summed E-state index contributed by atoms with van der Waals surface area (Å²) in [5, 5.41) is 5.96. The Kier molecular flexibility index (Phi) is 4.31. The molecule has 0 amide bonds. The predicted octanol–water partition coefficient (Wildman–Crippen LogP) is 1.91. The smallest absolute Gasteiger partial charge is 0.297 e. The molecule has 1 aromatic heterocycles. The Labute approximate surface area is 119 Å². The van der Waals surface area contributed by atoms with Gasteiger partial charge in [-0.25, -0.2) is 21.6 Å². The van der Waals surface area contributed by atoms with Gasteiger partial charge in [-0.15, -0.1) is 10.2 Å². The van der Waals surface area contributed by atoms with E-state index < -0.39 is 33.1 Å². The number of rotatable bonds is 5. The molecule has 0 aliphatic carbocycles. The normalized spacial score (nSPS) is 12.0. The van der Waals surface area contributed by atoms with E-state index in [1.54, 1.807) is 6.07 Å². The lowest BCUT2D eigenvalue weighted by Crippen LogP contribution is -2.15.